The maximum atomic E-state index is 5.91. The first kappa shape index (κ1) is 22.5. The Morgan fingerprint density at radius 1 is 0.697 bits per heavy atom. The zero-order valence-electron chi connectivity index (χ0n) is 18.3. The smallest absolute Gasteiger partial charge is 0.332 e. The third-order valence-corrected chi connectivity index (χ3v) is 7.63. The van der Waals surface area contributed by atoms with Crippen LogP contribution in [0.15, 0.2) is 70.1 Å². The molecule has 0 aliphatic heterocycles. The summed E-state index contributed by atoms with van der Waals surface area (Å²) in [5.74, 6) is 0. The van der Waals surface area contributed by atoms with E-state index in [1.807, 2.05) is 51.7 Å². The first-order valence-electron chi connectivity index (χ1n) is 10.7. The molecule has 2 aromatic carbocycles. The van der Waals surface area contributed by atoms with Crippen molar-refractivity contribution in [1.29, 1.82) is 0 Å². The van der Waals surface area contributed by atoms with E-state index in [0.717, 1.165) is 22.3 Å². The van der Waals surface area contributed by atoms with E-state index in [0.29, 0.717) is 0 Å². The standard InChI is InChI=1S/C24H22B2N2O2S3/c1-15(27-19-7-9-31-13-19)29-25-17-3-5-23-21(11-17)22-12-18(4-6-24(22)33-23)26-30-16(2)28-20-8-10-32-14-20/h3-16,27-28H,1-2H3. The van der Waals surface area contributed by atoms with Gasteiger partial charge in [0, 0.05) is 31.5 Å². The second-order valence-electron chi connectivity index (χ2n) is 7.72. The van der Waals surface area contributed by atoms with Crippen LogP contribution in [0.3, 0.4) is 0 Å². The summed E-state index contributed by atoms with van der Waals surface area (Å²) in [6.07, 6.45) is -0.227. The number of hydrogen-bond acceptors (Lipinski definition) is 7. The number of nitrogens with one attached hydrogen (secondary N) is 2. The predicted octanol–water partition coefficient (Wildman–Crippen LogP) is 5.62. The lowest BCUT2D eigenvalue weighted by Crippen LogP contribution is -2.27. The zero-order valence-corrected chi connectivity index (χ0v) is 20.7. The molecule has 3 heterocycles. The Hall–Kier alpha value is -2.29. The quantitative estimate of drug-likeness (QED) is 0.198. The van der Waals surface area contributed by atoms with Crippen LogP contribution in [0.2, 0.25) is 0 Å². The van der Waals surface area contributed by atoms with Crippen molar-refractivity contribution in [2.24, 2.45) is 0 Å². The molecule has 4 nitrogen and oxygen atoms in total. The van der Waals surface area contributed by atoms with E-state index in [2.05, 4.69) is 57.8 Å². The summed E-state index contributed by atoms with van der Waals surface area (Å²) in [6.45, 7) is 4.01. The molecule has 9 heteroatoms. The topological polar surface area (TPSA) is 42.5 Å². The Bertz CT molecular complexity index is 1220. The van der Waals surface area contributed by atoms with E-state index < -0.39 is 0 Å². The van der Waals surface area contributed by atoms with Gasteiger partial charge in [-0.3, -0.25) is 0 Å². The van der Waals surface area contributed by atoms with Crippen molar-refractivity contribution in [3.63, 3.8) is 0 Å². The third-order valence-electron chi connectivity index (χ3n) is 5.12. The maximum Gasteiger partial charge on any atom is 0.332 e. The van der Waals surface area contributed by atoms with Gasteiger partial charge in [0.25, 0.3) is 0 Å². The van der Waals surface area contributed by atoms with E-state index in [1.165, 1.54) is 20.2 Å². The molecule has 0 saturated heterocycles. The van der Waals surface area contributed by atoms with Gasteiger partial charge in [-0.2, -0.15) is 22.7 Å². The second-order valence-corrected chi connectivity index (χ2v) is 10.4. The van der Waals surface area contributed by atoms with Crippen LogP contribution in [-0.2, 0) is 9.31 Å². The molecule has 5 aromatic rings. The van der Waals surface area contributed by atoms with Gasteiger partial charge in [0.1, 0.15) is 12.5 Å². The fourth-order valence-corrected chi connectivity index (χ4v) is 5.81. The van der Waals surface area contributed by atoms with Crippen molar-refractivity contribution in [3.05, 3.63) is 70.1 Å². The van der Waals surface area contributed by atoms with Crippen molar-refractivity contribution in [1.82, 2.24) is 0 Å². The van der Waals surface area contributed by atoms with Crippen LogP contribution in [0, 0.1) is 0 Å². The molecule has 0 spiro atoms. The molecular weight excluding hydrogens is 466 g/mol. The summed E-state index contributed by atoms with van der Waals surface area (Å²) in [4.78, 5) is 0. The molecule has 2 unspecified atom stereocenters. The second kappa shape index (κ2) is 10.3. The van der Waals surface area contributed by atoms with Crippen molar-refractivity contribution >= 4 is 91.4 Å². The molecular formula is C24H22B2N2O2S3. The molecule has 0 amide bonds. The molecule has 0 aliphatic carbocycles. The lowest BCUT2D eigenvalue weighted by Gasteiger charge is -2.15. The maximum absolute atomic E-state index is 5.91. The molecule has 2 radical (unpaired) electrons. The van der Waals surface area contributed by atoms with Gasteiger partial charge < -0.3 is 19.9 Å². The van der Waals surface area contributed by atoms with E-state index in [4.69, 9.17) is 9.31 Å². The fraction of sp³-hybridized carbons (Fsp3) is 0.167. The van der Waals surface area contributed by atoms with Gasteiger partial charge >= 0.3 is 15.0 Å². The van der Waals surface area contributed by atoms with Crippen LogP contribution in [-0.4, -0.2) is 27.4 Å². The molecule has 33 heavy (non-hydrogen) atoms. The lowest BCUT2D eigenvalue weighted by atomic mass is 9.85. The minimum absolute atomic E-state index is 0.113. The number of anilines is 2. The number of thiophene rings is 3. The van der Waals surface area contributed by atoms with Crippen molar-refractivity contribution in [2.75, 3.05) is 10.6 Å². The lowest BCUT2D eigenvalue weighted by molar-refractivity contribution is 0.269. The summed E-state index contributed by atoms with van der Waals surface area (Å²) < 4.78 is 14.3. The Labute approximate surface area is 207 Å². The average molecular weight is 488 g/mol. The summed E-state index contributed by atoms with van der Waals surface area (Å²) in [5.41, 5.74) is 4.23. The van der Waals surface area contributed by atoms with Gasteiger partial charge in [0.15, 0.2) is 0 Å². The van der Waals surface area contributed by atoms with Crippen LogP contribution in [0.1, 0.15) is 13.8 Å². The molecule has 0 bridgehead atoms. The minimum atomic E-state index is -0.113. The first-order valence-corrected chi connectivity index (χ1v) is 13.4. The molecule has 0 saturated carbocycles. The molecule has 164 valence electrons. The average Bonchev–Trinajstić information content (AvgIpc) is 3.57. The molecule has 0 aliphatic rings. The Balaban J connectivity index is 1.26. The number of hydrogen-bond donors (Lipinski definition) is 2. The van der Waals surface area contributed by atoms with Crippen molar-refractivity contribution in [2.45, 2.75) is 26.3 Å². The summed E-state index contributed by atoms with van der Waals surface area (Å²) in [5, 5.41) is 17.4. The molecule has 5 rings (SSSR count). The highest BCUT2D eigenvalue weighted by atomic mass is 32.1. The summed E-state index contributed by atoms with van der Waals surface area (Å²) in [6, 6.07) is 17.0. The number of fused-ring (bicyclic) bond motifs is 3. The van der Waals surface area contributed by atoms with E-state index in [1.54, 1.807) is 34.0 Å². The molecule has 2 N–H and O–H groups in total. The van der Waals surface area contributed by atoms with Gasteiger partial charge in [-0.1, -0.05) is 35.2 Å². The highest BCUT2D eigenvalue weighted by molar-refractivity contribution is 7.25. The van der Waals surface area contributed by atoms with E-state index in [-0.39, 0.29) is 12.5 Å². The zero-order chi connectivity index (χ0) is 22.6. The Morgan fingerprint density at radius 3 is 1.61 bits per heavy atom. The largest absolute Gasteiger partial charge is 0.416 e. The molecule has 3 aromatic heterocycles. The van der Waals surface area contributed by atoms with Crippen LogP contribution in [0.5, 0.6) is 0 Å². The van der Waals surface area contributed by atoms with Gasteiger partial charge in [0.2, 0.25) is 0 Å². The van der Waals surface area contributed by atoms with Crippen molar-refractivity contribution < 1.29 is 9.31 Å². The van der Waals surface area contributed by atoms with E-state index in [9.17, 15) is 0 Å². The highest BCUT2D eigenvalue weighted by Crippen LogP contribution is 2.32. The van der Waals surface area contributed by atoms with Gasteiger partial charge in [-0.25, -0.2) is 0 Å². The molecule has 0 fully saturated rings. The Kier molecular flexibility index (Phi) is 7.04. The van der Waals surface area contributed by atoms with Crippen LogP contribution in [0.25, 0.3) is 20.2 Å². The van der Waals surface area contributed by atoms with Gasteiger partial charge in [-0.15, -0.1) is 11.3 Å². The minimum Gasteiger partial charge on any atom is -0.416 e. The number of rotatable bonds is 10. The van der Waals surface area contributed by atoms with Crippen molar-refractivity contribution in [3.8, 4) is 0 Å². The van der Waals surface area contributed by atoms with Crippen LogP contribution < -0.4 is 21.6 Å². The molecule has 2 atom stereocenters. The number of benzene rings is 2. The Morgan fingerprint density at radius 2 is 1.18 bits per heavy atom. The van der Waals surface area contributed by atoms with Crippen LogP contribution in [0.4, 0.5) is 11.4 Å². The third kappa shape index (κ3) is 5.62. The van der Waals surface area contributed by atoms with Crippen LogP contribution >= 0.6 is 34.0 Å². The van der Waals surface area contributed by atoms with Gasteiger partial charge in [-0.05, 0) is 59.6 Å². The fourth-order valence-electron chi connectivity index (χ4n) is 3.55. The summed E-state index contributed by atoms with van der Waals surface area (Å²) in [7, 11) is 3.65. The predicted molar refractivity (Wildman–Crippen MR) is 147 cm³/mol. The van der Waals surface area contributed by atoms with E-state index >= 15 is 0 Å². The van der Waals surface area contributed by atoms with Gasteiger partial charge in [0.05, 0.1) is 0 Å². The highest BCUT2D eigenvalue weighted by Gasteiger charge is 2.11. The monoisotopic (exact) mass is 488 g/mol. The normalized spacial score (nSPS) is 13.2. The summed E-state index contributed by atoms with van der Waals surface area (Å²) >= 11 is 5.13. The first-order chi connectivity index (χ1) is 16.1. The SMILES string of the molecule is CC(Nc1ccsc1)O[B]c1ccc2sc3ccc([B]OC(C)Nc4ccsc4)cc3c2c1.